The molecule has 0 radical (unpaired) electrons. The SMILES string of the molecule is CC([C@@H]1[C@@H](C(=O)O)C1(C)C)N(C)C(=O)OC(C)(C)C. The van der Waals surface area contributed by atoms with Gasteiger partial charge in [0.1, 0.15) is 5.60 Å². The lowest BCUT2D eigenvalue weighted by atomic mass is 10.0. The van der Waals surface area contributed by atoms with Crippen LogP contribution in [0, 0.1) is 17.3 Å². The third kappa shape index (κ3) is 3.19. The van der Waals surface area contributed by atoms with Gasteiger partial charge < -0.3 is 14.7 Å². The van der Waals surface area contributed by atoms with Gasteiger partial charge in [0, 0.05) is 13.1 Å². The number of hydrogen-bond acceptors (Lipinski definition) is 3. The highest BCUT2D eigenvalue weighted by Gasteiger charge is 2.65. The molecule has 1 aliphatic carbocycles. The summed E-state index contributed by atoms with van der Waals surface area (Å²) >= 11 is 0. The minimum atomic E-state index is -0.792. The van der Waals surface area contributed by atoms with Crippen molar-refractivity contribution in [2.75, 3.05) is 7.05 Å². The molecule has 110 valence electrons. The molecule has 0 heterocycles. The lowest BCUT2D eigenvalue weighted by molar-refractivity contribution is -0.139. The smallest absolute Gasteiger partial charge is 0.410 e. The molecule has 1 unspecified atom stereocenters. The van der Waals surface area contributed by atoms with E-state index >= 15 is 0 Å². The van der Waals surface area contributed by atoms with E-state index in [1.54, 1.807) is 7.05 Å². The second-order valence-corrected chi connectivity index (χ2v) is 6.99. The Kier molecular flexibility index (Phi) is 3.90. The molecule has 5 nitrogen and oxygen atoms in total. The fourth-order valence-corrected chi connectivity index (χ4v) is 2.79. The number of ether oxygens (including phenoxy) is 1. The van der Waals surface area contributed by atoms with Crippen LogP contribution in [-0.4, -0.2) is 40.8 Å². The molecule has 3 atom stereocenters. The van der Waals surface area contributed by atoms with Gasteiger partial charge >= 0.3 is 12.1 Å². The number of rotatable bonds is 3. The minimum absolute atomic E-state index is 0.0393. The van der Waals surface area contributed by atoms with Crippen molar-refractivity contribution in [1.82, 2.24) is 4.90 Å². The summed E-state index contributed by atoms with van der Waals surface area (Å²) in [5.74, 6) is -1.23. The van der Waals surface area contributed by atoms with Crippen LogP contribution in [0.25, 0.3) is 0 Å². The molecular formula is C14H25NO4. The predicted molar refractivity (Wildman–Crippen MR) is 71.9 cm³/mol. The Morgan fingerprint density at radius 2 is 1.79 bits per heavy atom. The van der Waals surface area contributed by atoms with Crippen molar-refractivity contribution in [1.29, 1.82) is 0 Å². The van der Waals surface area contributed by atoms with E-state index < -0.39 is 23.6 Å². The van der Waals surface area contributed by atoms with Crippen molar-refractivity contribution in [3.63, 3.8) is 0 Å². The molecule has 1 saturated carbocycles. The van der Waals surface area contributed by atoms with Gasteiger partial charge in [0.2, 0.25) is 0 Å². The number of carbonyl (C=O) groups is 2. The monoisotopic (exact) mass is 271 g/mol. The number of aliphatic carboxylic acids is 1. The summed E-state index contributed by atoms with van der Waals surface area (Å²) in [5, 5.41) is 9.18. The lowest BCUT2D eigenvalue weighted by Gasteiger charge is -2.29. The Labute approximate surface area is 114 Å². The van der Waals surface area contributed by atoms with Crippen molar-refractivity contribution in [3.8, 4) is 0 Å². The fourth-order valence-electron chi connectivity index (χ4n) is 2.79. The Balaban J connectivity index is 2.72. The van der Waals surface area contributed by atoms with E-state index in [-0.39, 0.29) is 17.4 Å². The lowest BCUT2D eigenvalue weighted by Crippen LogP contribution is -2.41. The second-order valence-electron chi connectivity index (χ2n) is 6.99. The van der Waals surface area contributed by atoms with Crippen LogP contribution < -0.4 is 0 Å². The molecule has 0 aromatic rings. The van der Waals surface area contributed by atoms with Gasteiger partial charge in [-0.1, -0.05) is 13.8 Å². The topological polar surface area (TPSA) is 66.8 Å². The molecule has 0 aromatic heterocycles. The van der Waals surface area contributed by atoms with E-state index in [0.717, 1.165) is 0 Å². The maximum Gasteiger partial charge on any atom is 0.410 e. The molecule has 0 aliphatic heterocycles. The van der Waals surface area contributed by atoms with E-state index in [4.69, 9.17) is 4.74 Å². The van der Waals surface area contributed by atoms with Crippen LogP contribution in [0.2, 0.25) is 0 Å². The zero-order chi connectivity index (χ0) is 15.2. The molecule has 0 aromatic carbocycles. The molecule has 1 aliphatic rings. The quantitative estimate of drug-likeness (QED) is 0.856. The van der Waals surface area contributed by atoms with Crippen LogP contribution >= 0.6 is 0 Å². The number of carboxylic acids is 1. The van der Waals surface area contributed by atoms with Crippen molar-refractivity contribution >= 4 is 12.1 Å². The van der Waals surface area contributed by atoms with Crippen molar-refractivity contribution < 1.29 is 19.4 Å². The average molecular weight is 271 g/mol. The third-order valence-corrected chi connectivity index (χ3v) is 3.99. The average Bonchev–Trinajstić information content (AvgIpc) is 2.76. The Hall–Kier alpha value is -1.26. The second kappa shape index (κ2) is 4.69. The van der Waals surface area contributed by atoms with Crippen LogP contribution in [0.4, 0.5) is 4.79 Å². The number of carboxylic acid groups (broad SMARTS) is 1. The minimum Gasteiger partial charge on any atom is -0.481 e. The van der Waals surface area contributed by atoms with Crippen LogP contribution in [0.15, 0.2) is 0 Å². The van der Waals surface area contributed by atoms with E-state index in [1.807, 2.05) is 41.5 Å². The van der Waals surface area contributed by atoms with E-state index in [0.29, 0.717) is 0 Å². The first-order valence-corrected chi connectivity index (χ1v) is 6.58. The predicted octanol–water partition coefficient (Wildman–Crippen LogP) is 2.60. The summed E-state index contributed by atoms with van der Waals surface area (Å²) in [6.45, 7) is 11.2. The largest absolute Gasteiger partial charge is 0.481 e. The summed E-state index contributed by atoms with van der Waals surface area (Å²) in [7, 11) is 1.66. The van der Waals surface area contributed by atoms with Gasteiger partial charge in [-0.3, -0.25) is 4.79 Å². The van der Waals surface area contributed by atoms with Crippen LogP contribution in [0.3, 0.4) is 0 Å². The molecule has 1 amide bonds. The van der Waals surface area contributed by atoms with Gasteiger partial charge in [-0.25, -0.2) is 4.79 Å². The van der Waals surface area contributed by atoms with Gasteiger partial charge in [0.15, 0.2) is 0 Å². The summed E-state index contributed by atoms with van der Waals surface area (Å²) in [6.07, 6.45) is -0.410. The molecular weight excluding hydrogens is 246 g/mol. The van der Waals surface area contributed by atoms with E-state index in [1.165, 1.54) is 4.90 Å². The van der Waals surface area contributed by atoms with Gasteiger partial charge in [-0.2, -0.15) is 0 Å². The maximum absolute atomic E-state index is 12.0. The summed E-state index contributed by atoms with van der Waals surface area (Å²) in [6, 6.07) is -0.161. The highest BCUT2D eigenvalue weighted by atomic mass is 16.6. The van der Waals surface area contributed by atoms with Crippen LogP contribution in [0.5, 0.6) is 0 Å². The summed E-state index contributed by atoms with van der Waals surface area (Å²) in [5.41, 5.74) is -0.822. The fraction of sp³-hybridized carbons (Fsp3) is 0.857. The molecule has 5 heteroatoms. The van der Waals surface area contributed by atoms with Crippen molar-refractivity contribution in [2.45, 2.75) is 53.2 Å². The number of nitrogens with zero attached hydrogens (tertiary/aromatic N) is 1. The highest BCUT2D eigenvalue weighted by Crippen LogP contribution is 2.60. The van der Waals surface area contributed by atoms with E-state index in [9.17, 15) is 14.7 Å². The molecule has 19 heavy (non-hydrogen) atoms. The Bertz CT molecular complexity index is 383. The van der Waals surface area contributed by atoms with Gasteiger partial charge in [-0.15, -0.1) is 0 Å². The Morgan fingerprint density at radius 3 is 2.11 bits per heavy atom. The molecule has 0 spiro atoms. The molecule has 1 fully saturated rings. The van der Waals surface area contributed by atoms with E-state index in [2.05, 4.69) is 0 Å². The van der Waals surface area contributed by atoms with Crippen molar-refractivity contribution in [2.24, 2.45) is 17.3 Å². The third-order valence-electron chi connectivity index (χ3n) is 3.99. The van der Waals surface area contributed by atoms with Crippen LogP contribution in [0.1, 0.15) is 41.5 Å². The number of carbonyl (C=O) groups excluding carboxylic acids is 1. The Morgan fingerprint density at radius 1 is 1.32 bits per heavy atom. The van der Waals surface area contributed by atoms with Gasteiger partial charge in [0.25, 0.3) is 0 Å². The zero-order valence-corrected chi connectivity index (χ0v) is 12.9. The van der Waals surface area contributed by atoms with Gasteiger partial charge in [0.05, 0.1) is 5.92 Å². The molecule has 1 N–H and O–H groups in total. The maximum atomic E-state index is 12.0. The normalized spacial score (nSPS) is 26.5. The molecule has 0 saturated heterocycles. The molecule has 0 bridgehead atoms. The van der Waals surface area contributed by atoms with Crippen molar-refractivity contribution in [3.05, 3.63) is 0 Å². The first kappa shape index (κ1) is 15.8. The molecule has 1 rings (SSSR count). The zero-order valence-electron chi connectivity index (χ0n) is 12.9. The number of amides is 1. The first-order valence-electron chi connectivity index (χ1n) is 6.58. The standard InChI is InChI=1S/C14H25NO4/c1-8(9-10(11(16)17)14(9,5)6)15(7)12(18)19-13(2,3)4/h8-10H,1-7H3,(H,16,17)/t8?,9-,10+/m1/s1. The first-order chi connectivity index (χ1) is 8.39. The van der Waals surface area contributed by atoms with Gasteiger partial charge in [-0.05, 0) is 39.0 Å². The number of hydrogen-bond donors (Lipinski definition) is 1. The summed E-state index contributed by atoms with van der Waals surface area (Å²) < 4.78 is 5.30. The highest BCUT2D eigenvalue weighted by molar-refractivity contribution is 5.76. The van der Waals surface area contributed by atoms with Crippen LogP contribution in [-0.2, 0) is 9.53 Å². The summed E-state index contributed by atoms with van der Waals surface area (Å²) in [4.78, 5) is 24.7.